The Balaban J connectivity index is 0.00000180. The summed E-state index contributed by atoms with van der Waals surface area (Å²) in [5.41, 5.74) is 7.03. The second-order valence-corrected chi connectivity index (χ2v) is 4.04. The van der Waals surface area contributed by atoms with Crippen molar-refractivity contribution in [3.8, 4) is 11.4 Å². The highest BCUT2D eigenvalue weighted by atomic mass is 35.5. The van der Waals surface area contributed by atoms with Crippen LogP contribution < -0.4 is 11.1 Å². The summed E-state index contributed by atoms with van der Waals surface area (Å²) >= 11 is 0. The predicted molar refractivity (Wildman–Crippen MR) is 75.9 cm³/mol. The van der Waals surface area contributed by atoms with Crippen LogP contribution in [-0.4, -0.2) is 27.6 Å². The molecule has 2 aromatic rings. The first-order valence-corrected chi connectivity index (χ1v) is 5.67. The van der Waals surface area contributed by atoms with Crippen molar-refractivity contribution in [3.05, 3.63) is 30.6 Å². The molecule has 1 unspecified atom stereocenters. The summed E-state index contributed by atoms with van der Waals surface area (Å²) in [6.45, 7) is 2.11. The number of aromatic amines is 1. The number of rotatable bonds is 4. The lowest BCUT2D eigenvalue weighted by Gasteiger charge is -2.10. The van der Waals surface area contributed by atoms with E-state index in [1.807, 2.05) is 24.3 Å². The van der Waals surface area contributed by atoms with E-state index >= 15 is 0 Å². The Bertz CT molecular complexity index is 529. The third-order valence-corrected chi connectivity index (χ3v) is 2.62. The summed E-state index contributed by atoms with van der Waals surface area (Å²) in [5.74, 6) is 0.365. The molecule has 1 atom stereocenters. The average molecular weight is 282 g/mol. The van der Waals surface area contributed by atoms with Crippen molar-refractivity contribution < 1.29 is 4.79 Å². The number of halogens is 1. The molecule has 0 saturated heterocycles. The maximum Gasteiger partial charge on any atom is 0.228 e. The Kier molecular flexibility index (Phi) is 5.47. The van der Waals surface area contributed by atoms with Crippen LogP contribution in [0.5, 0.6) is 0 Å². The van der Waals surface area contributed by atoms with Gasteiger partial charge in [-0.15, -0.1) is 12.4 Å². The normalized spacial score (nSPS) is 11.5. The van der Waals surface area contributed by atoms with Gasteiger partial charge in [-0.1, -0.05) is 19.1 Å². The largest absolute Gasteiger partial charge is 0.330 e. The van der Waals surface area contributed by atoms with Gasteiger partial charge in [0, 0.05) is 23.7 Å². The molecule has 7 heteroatoms. The summed E-state index contributed by atoms with van der Waals surface area (Å²) in [7, 11) is 0. The van der Waals surface area contributed by atoms with Gasteiger partial charge in [0.25, 0.3) is 0 Å². The first kappa shape index (κ1) is 15.1. The van der Waals surface area contributed by atoms with Crippen molar-refractivity contribution in [1.29, 1.82) is 0 Å². The van der Waals surface area contributed by atoms with Crippen LogP contribution in [-0.2, 0) is 4.79 Å². The summed E-state index contributed by atoms with van der Waals surface area (Å²) in [6.07, 6.45) is 1.44. The smallest absolute Gasteiger partial charge is 0.228 e. The maximum absolute atomic E-state index is 11.7. The van der Waals surface area contributed by atoms with E-state index in [0.717, 1.165) is 5.56 Å². The van der Waals surface area contributed by atoms with E-state index in [1.165, 1.54) is 6.33 Å². The number of hydrogen-bond donors (Lipinski definition) is 3. The van der Waals surface area contributed by atoms with Crippen molar-refractivity contribution in [2.24, 2.45) is 11.7 Å². The molecule has 0 spiro atoms. The monoisotopic (exact) mass is 281 g/mol. The number of amides is 1. The Labute approximate surface area is 117 Å². The first-order valence-electron chi connectivity index (χ1n) is 5.67. The summed E-state index contributed by atoms with van der Waals surface area (Å²) in [6, 6.07) is 7.39. The minimum absolute atomic E-state index is 0. The van der Waals surface area contributed by atoms with Gasteiger partial charge in [0.1, 0.15) is 6.33 Å². The number of carbonyl (C=O) groups excluding carboxylic acids is 1. The fourth-order valence-corrected chi connectivity index (χ4v) is 1.46. The second kappa shape index (κ2) is 6.86. The maximum atomic E-state index is 11.7. The zero-order valence-electron chi connectivity index (χ0n) is 10.5. The van der Waals surface area contributed by atoms with Gasteiger partial charge < -0.3 is 11.1 Å². The SMILES string of the molecule is CC(CN)C(=O)Nc1cccc(-c2ncn[nH]2)c1.Cl. The van der Waals surface area contributed by atoms with Crippen LogP contribution in [0, 0.1) is 5.92 Å². The molecule has 0 aliphatic heterocycles. The van der Waals surface area contributed by atoms with Gasteiger partial charge in [-0.05, 0) is 12.1 Å². The molecule has 2 rings (SSSR count). The summed E-state index contributed by atoms with van der Waals surface area (Å²) < 4.78 is 0. The minimum Gasteiger partial charge on any atom is -0.330 e. The molecule has 4 N–H and O–H groups in total. The van der Waals surface area contributed by atoms with Crippen LogP contribution in [0.4, 0.5) is 5.69 Å². The van der Waals surface area contributed by atoms with Crippen LogP contribution in [0.15, 0.2) is 30.6 Å². The lowest BCUT2D eigenvalue weighted by molar-refractivity contribution is -0.119. The minimum atomic E-state index is -0.209. The molecule has 1 amide bonds. The van der Waals surface area contributed by atoms with Gasteiger partial charge in [0.15, 0.2) is 5.82 Å². The Morgan fingerprint density at radius 2 is 2.32 bits per heavy atom. The topological polar surface area (TPSA) is 96.7 Å². The second-order valence-electron chi connectivity index (χ2n) is 4.04. The fourth-order valence-electron chi connectivity index (χ4n) is 1.46. The quantitative estimate of drug-likeness (QED) is 0.790. The van der Waals surface area contributed by atoms with Crippen molar-refractivity contribution >= 4 is 24.0 Å². The molecule has 1 aromatic carbocycles. The molecule has 0 fully saturated rings. The molecule has 0 bridgehead atoms. The van der Waals surface area contributed by atoms with Crippen LogP contribution in [0.25, 0.3) is 11.4 Å². The van der Waals surface area contributed by atoms with Gasteiger partial charge in [-0.3, -0.25) is 9.89 Å². The van der Waals surface area contributed by atoms with E-state index < -0.39 is 0 Å². The molecule has 0 radical (unpaired) electrons. The van der Waals surface area contributed by atoms with E-state index in [0.29, 0.717) is 18.1 Å². The molecule has 102 valence electrons. The lowest BCUT2D eigenvalue weighted by atomic mass is 10.1. The summed E-state index contributed by atoms with van der Waals surface area (Å²) in [4.78, 5) is 15.8. The van der Waals surface area contributed by atoms with E-state index in [2.05, 4.69) is 20.5 Å². The Hall–Kier alpha value is -1.92. The van der Waals surface area contributed by atoms with Gasteiger partial charge in [0.05, 0.1) is 0 Å². The number of anilines is 1. The standard InChI is InChI=1S/C12H15N5O.ClH/c1-8(6-13)12(18)16-10-4-2-3-9(5-10)11-14-7-15-17-11;/h2-5,7-8H,6,13H2,1H3,(H,16,18)(H,14,15,17);1H. The molecule has 6 nitrogen and oxygen atoms in total. The van der Waals surface area contributed by atoms with Crippen molar-refractivity contribution in [3.63, 3.8) is 0 Å². The predicted octanol–water partition coefficient (Wildman–Crippen LogP) is 1.43. The van der Waals surface area contributed by atoms with E-state index in [1.54, 1.807) is 6.92 Å². The first-order chi connectivity index (χ1) is 8.70. The number of carbonyl (C=O) groups is 1. The number of benzene rings is 1. The van der Waals surface area contributed by atoms with E-state index in [4.69, 9.17) is 5.73 Å². The number of hydrogen-bond acceptors (Lipinski definition) is 4. The molecular weight excluding hydrogens is 266 g/mol. The highest BCUT2D eigenvalue weighted by Crippen LogP contribution is 2.18. The molecule has 1 heterocycles. The van der Waals surface area contributed by atoms with Crippen LogP contribution in [0.3, 0.4) is 0 Å². The third-order valence-electron chi connectivity index (χ3n) is 2.62. The molecule has 1 aromatic heterocycles. The average Bonchev–Trinajstić information content (AvgIpc) is 2.92. The van der Waals surface area contributed by atoms with E-state index in [9.17, 15) is 4.79 Å². The van der Waals surface area contributed by atoms with Gasteiger partial charge in [-0.25, -0.2) is 4.98 Å². The zero-order chi connectivity index (χ0) is 13.0. The molecular formula is C12H16ClN5O. The van der Waals surface area contributed by atoms with Gasteiger partial charge in [0.2, 0.25) is 5.91 Å². The number of aromatic nitrogens is 3. The lowest BCUT2D eigenvalue weighted by Crippen LogP contribution is -2.26. The number of H-pyrrole nitrogens is 1. The Morgan fingerprint density at radius 1 is 1.53 bits per heavy atom. The summed E-state index contributed by atoms with van der Waals surface area (Å²) in [5, 5.41) is 9.38. The fraction of sp³-hybridized carbons (Fsp3) is 0.250. The van der Waals surface area contributed by atoms with Crippen molar-refractivity contribution in [2.75, 3.05) is 11.9 Å². The van der Waals surface area contributed by atoms with Gasteiger partial charge in [-0.2, -0.15) is 5.10 Å². The van der Waals surface area contributed by atoms with Gasteiger partial charge >= 0.3 is 0 Å². The highest BCUT2D eigenvalue weighted by molar-refractivity contribution is 5.93. The molecule has 0 saturated carbocycles. The van der Waals surface area contributed by atoms with Crippen LogP contribution in [0.1, 0.15) is 6.92 Å². The zero-order valence-corrected chi connectivity index (χ0v) is 11.3. The third kappa shape index (κ3) is 3.77. The highest BCUT2D eigenvalue weighted by Gasteiger charge is 2.11. The number of nitrogens with two attached hydrogens (primary N) is 1. The van der Waals surface area contributed by atoms with Crippen molar-refractivity contribution in [2.45, 2.75) is 6.92 Å². The van der Waals surface area contributed by atoms with Crippen molar-refractivity contribution in [1.82, 2.24) is 15.2 Å². The molecule has 0 aliphatic carbocycles. The number of nitrogens with zero attached hydrogens (tertiary/aromatic N) is 2. The van der Waals surface area contributed by atoms with Crippen LogP contribution in [0.2, 0.25) is 0 Å². The van der Waals surface area contributed by atoms with Crippen LogP contribution >= 0.6 is 12.4 Å². The molecule has 0 aliphatic rings. The molecule has 19 heavy (non-hydrogen) atoms. The van der Waals surface area contributed by atoms with E-state index in [-0.39, 0.29) is 24.2 Å². The number of nitrogens with one attached hydrogen (secondary N) is 2. The Morgan fingerprint density at radius 3 is 2.95 bits per heavy atom.